The quantitative estimate of drug-likeness (QED) is 0.869. The van der Waals surface area contributed by atoms with Crippen molar-refractivity contribution in [2.75, 3.05) is 13.1 Å². The number of carbonyl (C=O) groups is 2. The van der Waals surface area contributed by atoms with Gasteiger partial charge < -0.3 is 14.6 Å². The van der Waals surface area contributed by atoms with Gasteiger partial charge in [-0.25, -0.2) is 0 Å². The molecule has 0 saturated carbocycles. The Morgan fingerprint density at radius 3 is 2.50 bits per heavy atom. The minimum absolute atomic E-state index is 0.0326. The maximum atomic E-state index is 12.1. The van der Waals surface area contributed by atoms with Crippen molar-refractivity contribution in [2.45, 2.75) is 32.2 Å². The molecular weight excluding hydrogens is 260 g/mol. The molecule has 6 nitrogen and oxygen atoms in total. The molecule has 1 N–H and O–H groups in total. The Balaban J connectivity index is 2.07. The summed E-state index contributed by atoms with van der Waals surface area (Å²) in [6, 6.07) is 2.89. The second-order valence-electron chi connectivity index (χ2n) is 5.02. The van der Waals surface area contributed by atoms with Crippen molar-refractivity contribution in [3.05, 3.63) is 34.2 Å². The molecule has 0 bridgehead atoms. The predicted molar refractivity (Wildman–Crippen MR) is 72.5 cm³/mol. The molecule has 1 fully saturated rings. The molecule has 0 radical (unpaired) electrons. The molecule has 6 heteroatoms. The lowest BCUT2D eigenvalue weighted by Gasteiger charge is -2.26. The third-order valence-corrected chi connectivity index (χ3v) is 3.41. The average molecular weight is 278 g/mol. The second kappa shape index (κ2) is 6.36. The number of pyridine rings is 1. The Morgan fingerprint density at radius 2 is 1.85 bits per heavy atom. The van der Waals surface area contributed by atoms with Gasteiger partial charge in [0.15, 0.2) is 0 Å². The number of nitrogens with zero attached hydrogens (tertiary/aromatic N) is 2. The molecule has 1 aromatic rings. The highest BCUT2D eigenvalue weighted by molar-refractivity contribution is 5.78. The normalized spacial score (nSPS) is 15.1. The molecule has 1 aliphatic rings. The van der Waals surface area contributed by atoms with Crippen LogP contribution in [0.4, 0.5) is 0 Å². The Bertz CT molecular complexity index is 559. The van der Waals surface area contributed by atoms with E-state index in [0.29, 0.717) is 5.56 Å². The SMILES string of the molecule is O=C(O)Cn1cc(CC(=O)N2CCCCC2)ccc1=O. The third-order valence-electron chi connectivity index (χ3n) is 3.41. The number of aromatic nitrogens is 1. The first kappa shape index (κ1) is 14.3. The number of piperidine rings is 1. The van der Waals surface area contributed by atoms with E-state index >= 15 is 0 Å². The van der Waals surface area contributed by atoms with Crippen LogP contribution in [0.3, 0.4) is 0 Å². The molecule has 0 atom stereocenters. The highest BCUT2D eigenvalue weighted by atomic mass is 16.4. The molecule has 0 aliphatic carbocycles. The van der Waals surface area contributed by atoms with Gasteiger partial charge in [0.2, 0.25) is 5.91 Å². The fourth-order valence-corrected chi connectivity index (χ4v) is 2.38. The summed E-state index contributed by atoms with van der Waals surface area (Å²) in [4.78, 5) is 36.1. The van der Waals surface area contributed by atoms with Gasteiger partial charge in [0.05, 0.1) is 6.42 Å². The molecule has 1 saturated heterocycles. The number of carbonyl (C=O) groups excluding carboxylic acids is 1. The summed E-state index contributed by atoms with van der Waals surface area (Å²) < 4.78 is 1.11. The van der Waals surface area contributed by atoms with Crippen LogP contribution in [0.5, 0.6) is 0 Å². The summed E-state index contributed by atoms with van der Waals surface area (Å²) in [5.41, 5.74) is 0.294. The van der Waals surface area contributed by atoms with Crippen LogP contribution in [-0.4, -0.2) is 39.5 Å². The lowest BCUT2D eigenvalue weighted by Crippen LogP contribution is -2.36. The highest BCUT2D eigenvalue weighted by Crippen LogP contribution is 2.10. The van der Waals surface area contributed by atoms with Crippen LogP contribution in [0, 0.1) is 0 Å². The zero-order valence-electron chi connectivity index (χ0n) is 11.2. The van der Waals surface area contributed by atoms with E-state index in [9.17, 15) is 14.4 Å². The van der Waals surface area contributed by atoms with Gasteiger partial charge >= 0.3 is 5.97 Å². The third kappa shape index (κ3) is 3.69. The molecule has 20 heavy (non-hydrogen) atoms. The van der Waals surface area contributed by atoms with E-state index in [2.05, 4.69) is 0 Å². The summed E-state index contributed by atoms with van der Waals surface area (Å²) in [7, 11) is 0. The van der Waals surface area contributed by atoms with E-state index < -0.39 is 5.97 Å². The van der Waals surface area contributed by atoms with Crippen LogP contribution in [0.1, 0.15) is 24.8 Å². The van der Waals surface area contributed by atoms with E-state index in [4.69, 9.17) is 5.11 Å². The van der Waals surface area contributed by atoms with Gasteiger partial charge in [-0.3, -0.25) is 14.4 Å². The molecule has 2 heterocycles. The lowest BCUT2D eigenvalue weighted by atomic mass is 10.1. The Labute approximate surface area is 116 Å². The van der Waals surface area contributed by atoms with Crippen molar-refractivity contribution >= 4 is 11.9 Å². The largest absolute Gasteiger partial charge is 0.480 e. The molecule has 0 unspecified atom stereocenters. The number of hydrogen-bond acceptors (Lipinski definition) is 3. The summed E-state index contributed by atoms with van der Waals surface area (Å²) in [5, 5.41) is 8.73. The molecular formula is C14H18N2O4. The number of likely N-dealkylation sites (tertiary alicyclic amines) is 1. The molecule has 1 aromatic heterocycles. The topological polar surface area (TPSA) is 79.6 Å². The van der Waals surface area contributed by atoms with Crippen LogP contribution in [0.2, 0.25) is 0 Å². The van der Waals surface area contributed by atoms with Crippen molar-refractivity contribution in [2.24, 2.45) is 0 Å². The van der Waals surface area contributed by atoms with Gasteiger partial charge in [-0.2, -0.15) is 0 Å². The van der Waals surface area contributed by atoms with E-state index in [-0.39, 0.29) is 24.4 Å². The van der Waals surface area contributed by atoms with E-state index in [1.54, 1.807) is 6.07 Å². The number of aliphatic carboxylic acids is 1. The Kier molecular flexibility index (Phi) is 4.55. The predicted octanol–water partition coefficient (Wildman–Crippen LogP) is 0.488. The fourth-order valence-electron chi connectivity index (χ4n) is 2.38. The van der Waals surface area contributed by atoms with Gasteiger partial charge in [-0.05, 0) is 24.8 Å². The first-order chi connectivity index (χ1) is 9.56. The van der Waals surface area contributed by atoms with Crippen molar-refractivity contribution in [3.8, 4) is 0 Å². The van der Waals surface area contributed by atoms with Crippen LogP contribution >= 0.6 is 0 Å². The summed E-state index contributed by atoms with van der Waals surface area (Å²) in [6.45, 7) is 1.19. The second-order valence-corrected chi connectivity index (χ2v) is 5.02. The van der Waals surface area contributed by atoms with Gasteiger partial charge in [0.25, 0.3) is 5.56 Å². The van der Waals surface area contributed by atoms with Crippen LogP contribution in [0.15, 0.2) is 23.1 Å². The van der Waals surface area contributed by atoms with E-state index in [1.807, 2.05) is 4.90 Å². The standard InChI is InChI=1S/C14H18N2O4/c17-12-5-4-11(9-16(12)10-14(19)20)8-13(18)15-6-2-1-3-7-15/h4-5,9H,1-3,6-8,10H2,(H,19,20). The molecule has 1 aliphatic heterocycles. The first-order valence-corrected chi connectivity index (χ1v) is 6.75. The smallest absolute Gasteiger partial charge is 0.323 e. The first-order valence-electron chi connectivity index (χ1n) is 6.75. The maximum absolute atomic E-state index is 12.1. The minimum Gasteiger partial charge on any atom is -0.480 e. The molecule has 2 rings (SSSR count). The van der Waals surface area contributed by atoms with Gasteiger partial charge in [-0.15, -0.1) is 0 Å². The van der Waals surface area contributed by atoms with Crippen molar-refractivity contribution in [1.82, 2.24) is 9.47 Å². The molecule has 0 aromatic carbocycles. The minimum atomic E-state index is -1.08. The van der Waals surface area contributed by atoms with Gasteiger partial charge in [0.1, 0.15) is 6.54 Å². The zero-order valence-corrected chi connectivity index (χ0v) is 11.2. The van der Waals surface area contributed by atoms with Crippen LogP contribution in [0.25, 0.3) is 0 Å². The van der Waals surface area contributed by atoms with Crippen LogP contribution in [-0.2, 0) is 22.6 Å². The monoisotopic (exact) mass is 278 g/mol. The summed E-state index contributed by atoms with van der Waals surface area (Å²) >= 11 is 0. The fraction of sp³-hybridized carbons (Fsp3) is 0.500. The summed E-state index contributed by atoms with van der Waals surface area (Å²) in [6.07, 6.45) is 4.89. The Morgan fingerprint density at radius 1 is 1.15 bits per heavy atom. The number of amides is 1. The van der Waals surface area contributed by atoms with Crippen molar-refractivity contribution < 1.29 is 14.7 Å². The van der Waals surface area contributed by atoms with Gasteiger partial charge in [0, 0.05) is 25.4 Å². The van der Waals surface area contributed by atoms with E-state index in [1.165, 1.54) is 12.3 Å². The average Bonchev–Trinajstić information content (AvgIpc) is 2.43. The molecule has 0 spiro atoms. The molecule has 108 valence electrons. The number of carboxylic acids is 1. The maximum Gasteiger partial charge on any atom is 0.323 e. The van der Waals surface area contributed by atoms with Crippen molar-refractivity contribution in [3.63, 3.8) is 0 Å². The number of carboxylic acid groups (broad SMARTS) is 1. The van der Waals surface area contributed by atoms with Crippen molar-refractivity contribution in [1.29, 1.82) is 0 Å². The lowest BCUT2D eigenvalue weighted by molar-refractivity contribution is -0.137. The Hall–Kier alpha value is -2.11. The highest BCUT2D eigenvalue weighted by Gasteiger charge is 2.17. The van der Waals surface area contributed by atoms with E-state index in [0.717, 1.165) is 36.9 Å². The zero-order chi connectivity index (χ0) is 14.5. The number of hydrogen-bond donors (Lipinski definition) is 1. The van der Waals surface area contributed by atoms with Gasteiger partial charge in [-0.1, -0.05) is 6.07 Å². The number of rotatable bonds is 4. The molecule has 1 amide bonds. The summed E-state index contributed by atoms with van der Waals surface area (Å²) in [5.74, 6) is -1.04. The van der Waals surface area contributed by atoms with Crippen LogP contribution < -0.4 is 5.56 Å².